The number of hydrogen-bond acceptors (Lipinski definition) is 8. The predicted octanol–water partition coefficient (Wildman–Crippen LogP) is 1.92. The van der Waals surface area contributed by atoms with Crippen molar-refractivity contribution in [2.24, 2.45) is 16.6 Å². The van der Waals surface area contributed by atoms with E-state index in [1.807, 2.05) is 6.92 Å². The number of amides is 1. The first-order valence-electron chi connectivity index (χ1n) is 12.1. The van der Waals surface area contributed by atoms with E-state index in [-0.39, 0.29) is 48.2 Å². The van der Waals surface area contributed by atoms with Crippen LogP contribution >= 0.6 is 0 Å². The molecule has 2 fully saturated rings. The largest absolute Gasteiger partial charge is 0.396 e. The summed E-state index contributed by atoms with van der Waals surface area (Å²) in [6, 6.07) is -0.0143. The number of hydrazine groups is 1. The predicted molar refractivity (Wildman–Crippen MR) is 124 cm³/mol. The minimum absolute atomic E-state index is 0.0143. The van der Waals surface area contributed by atoms with Crippen LogP contribution in [0.5, 0.6) is 0 Å². The minimum atomic E-state index is -2.79. The number of nitrogens with zero attached hydrogens (tertiary/aromatic N) is 6. The maximum Gasteiger partial charge on any atom is 0.284 e. The van der Waals surface area contributed by atoms with Gasteiger partial charge >= 0.3 is 0 Å². The van der Waals surface area contributed by atoms with E-state index in [1.54, 1.807) is 33.2 Å². The van der Waals surface area contributed by atoms with Gasteiger partial charge in [-0.25, -0.2) is 18.8 Å². The minimum Gasteiger partial charge on any atom is -0.396 e. The van der Waals surface area contributed by atoms with Crippen molar-refractivity contribution in [3.8, 4) is 0 Å². The summed E-state index contributed by atoms with van der Waals surface area (Å²) in [6.07, 6.45) is 5.61. The number of anilines is 1. The van der Waals surface area contributed by atoms with Crippen molar-refractivity contribution in [2.45, 2.75) is 51.2 Å². The van der Waals surface area contributed by atoms with Crippen molar-refractivity contribution in [1.82, 2.24) is 19.7 Å². The monoisotopic (exact) mass is 491 g/mol. The SMILES string of the molecule is C[C@H]1CN(C2=NC3=C(C(N)=O)CN(c4cn(C5CCC(CO)CC5)nc4C(F)F)N3C=C2)CCO1. The van der Waals surface area contributed by atoms with E-state index in [9.17, 15) is 18.7 Å². The average Bonchev–Trinajstić information content (AvgIpc) is 3.46. The Morgan fingerprint density at radius 2 is 2.09 bits per heavy atom. The third kappa shape index (κ3) is 4.52. The van der Waals surface area contributed by atoms with E-state index in [0.29, 0.717) is 31.4 Å². The number of aliphatic hydroxyl groups is 1. The van der Waals surface area contributed by atoms with Crippen LogP contribution in [0.25, 0.3) is 0 Å². The lowest BCUT2D eigenvalue weighted by molar-refractivity contribution is -0.114. The van der Waals surface area contributed by atoms with Crippen molar-refractivity contribution in [1.29, 1.82) is 0 Å². The van der Waals surface area contributed by atoms with Crippen molar-refractivity contribution in [2.75, 3.05) is 37.9 Å². The highest BCUT2D eigenvalue weighted by Crippen LogP contribution is 2.39. The summed E-state index contributed by atoms with van der Waals surface area (Å²) >= 11 is 0. The molecule has 3 N–H and O–H groups in total. The summed E-state index contributed by atoms with van der Waals surface area (Å²) < 4.78 is 35.4. The average molecular weight is 492 g/mol. The number of amidine groups is 1. The molecule has 1 saturated carbocycles. The van der Waals surface area contributed by atoms with E-state index < -0.39 is 12.3 Å². The molecule has 4 aliphatic rings. The molecule has 0 spiro atoms. The molecule has 4 heterocycles. The van der Waals surface area contributed by atoms with Crippen LogP contribution in [0.4, 0.5) is 14.5 Å². The van der Waals surface area contributed by atoms with Crippen LogP contribution in [-0.2, 0) is 9.53 Å². The van der Waals surface area contributed by atoms with Gasteiger partial charge in [-0.1, -0.05) is 0 Å². The van der Waals surface area contributed by atoms with Crippen LogP contribution in [-0.4, -0.2) is 75.5 Å². The number of ether oxygens (including phenoxy) is 1. The maximum atomic E-state index is 14.1. The number of alkyl halides is 2. The first-order valence-corrected chi connectivity index (χ1v) is 12.1. The molecule has 0 unspecified atom stereocenters. The normalized spacial score (nSPS) is 27.1. The first kappa shape index (κ1) is 23.7. The summed E-state index contributed by atoms with van der Waals surface area (Å²) in [5.74, 6) is 0.622. The zero-order valence-corrected chi connectivity index (χ0v) is 19.7. The van der Waals surface area contributed by atoms with E-state index in [1.165, 1.54) is 0 Å². The molecule has 1 aliphatic carbocycles. The molecular weight excluding hydrogens is 460 g/mol. The first-order chi connectivity index (χ1) is 16.9. The lowest BCUT2D eigenvalue weighted by Crippen LogP contribution is -2.45. The van der Waals surface area contributed by atoms with Crippen LogP contribution < -0.4 is 10.7 Å². The van der Waals surface area contributed by atoms with Crippen LogP contribution in [0.1, 0.15) is 50.8 Å². The van der Waals surface area contributed by atoms with Gasteiger partial charge in [-0.3, -0.25) is 14.5 Å². The number of aliphatic hydroxyl groups excluding tert-OH is 1. The molecule has 35 heavy (non-hydrogen) atoms. The Bertz CT molecular complexity index is 1060. The maximum absolute atomic E-state index is 14.1. The number of nitrogens with two attached hydrogens (primary N) is 1. The van der Waals surface area contributed by atoms with E-state index in [2.05, 4.69) is 10.00 Å². The highest BCUT2D eigenvalue weighted by Gasteiger charge is 2.38. The second kappa shape index (κ2) is 9.57. The van der Waals surface area contributed by atoms with Gasteiger partial charge < -0.3 is 20.5 Å². The van der Waals surface area contributed by atoms with Gasteiger partial charge in [0.15, 0.2) is 11.5 Å². The summed E-state index contributed by atoms with van der Waals surface area (Å²) in [6.45, 7) is 4.04. The number of hydrogen-bond donors (Lipinski definition) is 2. The second-order valence-electron chi connectivity index (χ2n) is 9.52. The van der Waals surface area contributed by atoms with Crippen LogP contribution in [0.2, 0.25) is 0 Å². The van der Waals surface area contributed by atoms with Gasteiger partial charge in [-0.2, -0.15) is 5.10 Å². The molecule has 1 saturated heterocycles. The fourth-order valence-electron chi connectivity index (χ4n) is 5.22. The zero-order valence-electron chi connectivity index (χ0n) is 19.7. The van der Waals surface area contributed by atoms with Crippen LogP contribution in [0, 0.1) is 5.92 Å². The lowest BCUT2D eigenvalue weighted by atomic mass is 9.87. The molecule has 0 aromatic carbocycles. The summed E-state index contributed by atoms with van der Waals surface area (Å²) in [5, 5.41) is 16.8. The molecule has 5 rings (SSSR count). The van der Waals surface area contributed by atoms with E-state index in [4.69, 9.17) is 15.5 Å². The van der Waals surface area contributed by atoms with Gasteiger partial charge in [0.25, 0.3) is 6.43 Å². The van der Waals surface area contributed by atoms with E-state index >= 15 is 0 Å². The Hall–Kier alpha value is -2.99. The topological polar surface area (TPSA) is 112 Å². The van der Waals surface area contributed by atoms with Gasteiger partial charge in [0, 0.05) is 25.9 Å². The number of fused-ring (bicyclic) bond motifs is 1. The molecule has 190 valence electrons. The standard InChI is InChI=1S/C23H31F2N7O3/c1-14-10-29(8-9-35-14)19-6-7-31-23(27-19)17(22(26)34)11-32(31)18-12-30(28-20(18)21(24)25)16-4-2-15(13-33)3-5-16/h6-7,12,14-16,21,33H,2-5,8-11,13H2,1H3,(H2,26,34)/t14-,15?,16?/m0/s1. The van der Waals surface area contributed by atoms with Crippen molar-refractivity contribution in [3.05, 3.63) is 35.6 Å². The molecule has 10 nitrogen and oxygen atoms in total. The van der Waals surface area contributed by atoms with Crippen molar-refractivity contribution >= 4 is 17.4 Å². The van der Waals surface area contributed by atoms with Crippen molar-refractivity contribution in [3.63, 3.8) is 0 Å². The molecule has 0 radical (unpaired) electrons. The molecule has 0 bridgehead atoms. The second-order valence-corrected chi connectivity index (χ2v) is 9.52. The fraction of sp³-hybridized carbons (Fsp3) is 0.609. The van der Waals surface area contributed by atoms with Gasteiger partial charge in [0.05, 0.1) is 37.1 Å². The smallest absolute Gasteiger partial charge is 0.284 e. The lowest BCUT2D eigenvalue weighted by Gasteiger charge is -2.36. The number of primary amides is 1. The van der Waals surface area contributed by atoms with Gasteiger partial charge in [-0.15, -0.1) is 0 Å². The Labute approximate surface area is 202 Å². The van der Waals surface area contributed by atoms with Crippen LogP contribution in [0.3, 0.4) is 0 Å². The fourth-order valence-corrected chi connectivity index (χ4v) is 5.22. The number of aliphatic imine (C=N–C) groups is 1. The summed E-state index contributed by atoms with van der Waals surface area (Å²) in [4.78, 5) is 19.1. The number of aromatic nitrogens is 2. The van der Waals surface area contributed by atoms with E-state index in [0.717, 1.165) is 25.7 Å². The Balaban J connectivity index is 1.43. The number of halogens is 2. The molecule has 3 aliphatic heterocycles. The number of morpholine rings is 1. The Morgan fingerprint density at radius 1 is 1.31 bits per heavy atom. The Morgan fingerprint density at radius 3 is 2.74 bits per heavy atom. The zero-order chi connectivity index (χ0) is 24.7. The molecular formula is C23H31F2N7O3. The quantitative estimate of drug-likeness (QED) is 0.647. The summed E-state index contributed by atoms with van der Waals surface area (Å²) in [7, 11) is 0. The van der Waals surface area contributed by atoms with Crippen molar-refractivity contribution < 1.29 is 23.4 Å². The number of carbonyl (C=O) groups is 1. The van der Waals surface area contributed by atoms with Gasteiger partial charge in [0.1, 0.15) is 11.5 Å². The highest BCUT2D eigenvalue weighted by atomic mass is 19.3. The third-order valence-electron chi connectivity index (χ3n) is 7.18. The Kier molecular flexibility index (Phi) is 6.49. The number of carbonyl (C=O) groups excluding carboxylic acids is 1. The molecule has 1 aromatic heterocycles. The number of rotatable bonds is 5. The van der Waals surface area contributed by atoms with Gasteiger partial charge in [-0.05, 0) is 44.6 Å². The molecule has 12 heteroatoms. The third-order valence-corrected chi connectivity index (χ3v) is 7.18. The molecule has 1 atom stereocenters. The molecule has 1 amide bonds. The van der Waals surface area contributed by atoms with Gasteiger partial charge in [0.2, 0.25) is 5.91 Å². The summed E-state index contributed by atoms with van der Waals surface area (Å²) in [5.41, 5.74) is 5.81. The molecule has 1 aromatic rings. The van der Waals surface area contributed by atoms with Crippen LogP contribution in [0.15, 0.2) is 34.9 Å². The highest BCUT2D eigenvalue weighted by molar-refractivity contribution is 5.98.